The molecule has 0 bridgehead atoms. The largest absolute Gasteiger partial charge is 0.387 e. The number of nitrogens with two attached hydrogens (primary N) is 1. The smallest absolute Gasteiger partial charge is 0.254 e. The van der Waals surface area contributed by atoms with Crippen molar-refractivity contribution in [1.29, 1.82) is 0 Å². The number of rotatable bonds is 6. The average molecular weight is 496 g/mol. The number of nitrogens with zero attached hydrogens (tertiary/aromatic N) is 5. The summed E-state index contributed by atoms with van der Waals surface area (Å²) in [6, 6.07) is 5.07. The molecule has 0 saturated carbocycles. The number of carbonyl (C=O) groups excluding carboxylic acids is 3. The Balaban J connectivity index is 1.21. The highest BCUT2D eigenvalue weighted by Gasteiger charge is 2.48. The van der Waals surface area contributed by atoms with Gasteiger partial charge in [0.15, 0.2) is 23.8 Å². The summed E-state index contributed by atoms with van der Waals surface area (Å²) in [4.78, 5) is 50.6. The predicted octanol–water partition coefficient (Wildman–Crippen LogP) is -1.24. The number of imidazole rings is 1. The molecule has 2 aliphatic rings. The van der Waals surface area contributed by atoms with Crippen LogP contribution >= 0.6 is 0 Å². The second-order valence-electron chi connectivity index (χ2n) is 8.58. The molecule has 14 heteroatoms. The van der Waals surface area contributed by atoms with Crippen molar-refractivity contribution >= 4 is 40.4 Å². The molecule has 4 atom stereocenters. The maximum atomic E-state index is 13.0. The Morgan fingerprint density at radius 2 is 2.08 bits per heavy atom. The van der Waals surface area contributed by atoms with Crippen LogP contribution in [-0.4, -0.2) is 84.3 Å². The van der Waals surface area contributed by atoms with Crippen molar-refractivity contribution in [2.75, 3.05) is 24.6 Å². The number of aliphatic hydroxyl groups excluding tert-OH is 2. The van der Waals surface area contributed by atoms with Gasteiger partial charge in [0, 0.05) is 43.4 Å². The molecule has 6 N–H and O–H groups in total. The number of hydrogen-bond acceptors (Lipinski definition) is 10. The SMILES string of the molecule is CN(CCC(=O)Nc1cccc2c1CNC2=O)C(=O)[C@H]1O[C@@H](n2cnc3c(N)ncnc32)[C@H](O)[C@@H]1O. The first-order chi connectivity index (χ1) is 17.3. The van der Waals surface area contributed by atoms with Crippen molar-refractivity contribution in [2.45, 2.75) is 37.5 Å². The van der Waals surface area contributed by atoms with Crippen LogP contribution in [-0.2, 0) is 20.9 Å². The van der Waals surface area contributed by atoms with E-state index in [1.165, 1.54) is 29.2 Å². The molecule has 0 radical (unpaired) electrons. The van der Waals surface area contributed by atoms with Gasteiger partial charge >= 0.3 is 0 Å². The van der Waals surface area contributed by atoms with Gasteiger partial charge in [-0.15, -0.1) is 0 Å². The van der Waals surface area contributed by atoms with Gasteiger partial charge in [-0.3, -0.25) is 19.0 Å². The lowest BCUT2D eigenvalue weighted by Gasteiger charge is -2.22. The van der Waals surface area contributed by atoms with Crippen molar-refractivity contribution in [3.63, 3.8) is 0 Å². The Hall–Kier alpha value is -4.14. The molecule has 1 saturated heterocycles. The lowest BCUT2D eigenvalue weighted by Crippen LogP contribution is -2.44. The second-order valence-corrected chi connectivity index (χ2v) is 8.58. The van der Waals surface area contributed by atoms with Gasteiger partial charge in [0.25, 0.3) is 11.8 Å². The molecule has 1 aromatic carbocycles. The van der Waals surface area contributed by atoms with E-state index in [2.05, 4.69) is 25.6 Å². The van der Waals surface area contributed by atoms with Gasteiger partial charge in [-0.1, -0.05) is 6.07 Å². The zero-order valence-electron chi connectivity index (χ0n) is 19.2. The molecule has 2 aliphatic heterocycles. The summed E-state index contributed by atoms with van der Waals surface area (Å²) >= 11 is 0. The standard InChI is InChI=1S/C22H24N8O6/c1-29(6-5-13(31)28-12-4-2-3-10-11(12)7-24-20(10)34)21(35)17-15(32)16(33)22(36-17)30-9-27-14-18(23)25-8-26-19(14)30/h2-4,8-9,15-17,22,32-33H,5-7H2,1H3,(H,24,34)(H,28,31)(H2,23,25,26)/t15-,16+,17-,22+/m0/s1. The van der Waals surface area contributed by atoms with E-state index in [-0.39, 0.29) is 36.2 Å². The van der Waals surface area contributed by atoms with Crippen LogP contribution in [0.1, 0.15) is 28.6 Å². The van der Waals surface area contributed by atoms with Crippen LogP contribution in [0, 0.1) is 0 Å². The number of aromatic nitrogens is 4. The third-order valence-corrected chi connectivity index (χ3v) is 6.31. The first kappa shape index (κ1) is 23.6. The van der Waals surface area contributed by atoms with Gasteiger partial charge in [-0.25, -0.2) is 15.0 Å². The summed E-state index contributed by atoms with van der Waals surface area (Å²) in [5, 5.41) is 26.6. The van der Waals surface area contributed by atoms with Gasteiger partial charge in [0.05, 0.1) is 6.33 Å². The molecule has 4 heterocycles. The van der Waals surface area contributed by atoms with Crippen molar-refractivity contribution < 1.29 is 29.3 Å². The lowest BCUT2D eigenvalue weighted by atomic mass is 10.1. The molecular weight excluding hydrogens is 472 g/mol. The molecule has 0 unspecified atom stereocenters. The molecular formula is C22H24N8O6. The van der Waals surface area contributed by atoms with Crippen molar-refractivity contribution in [2.24, 2.45) is 0 Å². The first-order valence-electron chi connectivity index (χ1n) is 11.2. The zero-order valence-corrected chi connectivity index (χ0v) is 19.2. The van der Waals surface area contributed by atoms with Gasteiger partial charge in [-0.05, 0) is 12.1 Å². The van der Waals surface area contributed by atoms with E-state index in [1.807, 2.05) is 0 Å². The predicted molar refractivity (Wildman–Crippen MR) is 124 cm³/mol. The van der Waals surface area contributed by atoms with E-state index in [1.54, 1.807) is 18.2 Å². The van der Waals surface area contributed by atoms with Crippen LogP contribution in [0.3, 0.4) is 0 Å². The number of amides is 3. The number of likely N-dealkylation sites (N-methyl/N-ethyl adjacent to an activating group) is 1. The molecule has 1 fully saturated rings. The maximum Gasteiger partial charge on any atom is 0.254 e. The summed E-state index contributed by atoms with van der Waals surface area (Å²) in [5.41, 5.74) is 8.12. The maximum absolute atomic E-state index is 13.0. The number of ether oxygens (including phenoxy) is 1. The minimum atomic E-state index is -1.52. The van der Waals surface area contributed by atoms with Crippen molar-refractivity contribution in [3.05, 3.63) is 42.0 Å². The Kier molecular flexibility index (Phi) is 5.99. The normalized spacial score (nSPS) is 22.9. The van der Waals surface area contributed by atoms with Crippen LogP contribution in [0.25, 0.3) is 11.2 Å². The van der Waals surface area contributed by atoms with Crippen LogP contribution in [0.5, 0.6) is 0 Å². The monoisotopic (exact) mass is 496 g/mol. The molecule has 5 rings (SSSR count). The fraction of sp³-hybridized carbons (Fsp3) is 0.364. The minimum absolute atomic E-state index is 0.0297. The van der Waals surface area contributed by atoms with Crippen LogP contribution in [0.4, 0.5) is 11.5 Å². The summed E-state index contributed by atoms with van der Waals surface area (Å²) in [6.45, 7) is 0.357. The number of nitrogen functional groups attached to an aromatic ring is 1. The van der Waals surface area contributed by atoms with E-state index in [4.69, 9.17) is 10.5 Å². The molecule has 0 spiro atoms. The number of aliphatic hydroxyl groups is 2. The van der Waals surface area contributed by atoms with Gasteiger partial charge in [0.2, 0.25) is 5.91 Å². The van der Waals surface area contributed by atoms with Crippen LogP contribution in [0.15, 0.2) is 30.9 Å². The van der Waals surface area contributed by atoms with E-state index in [0.29, 0.717) is 28.9 Å². The Labute approximate surface area is 204 Å². The van der Waals surface area contributed by atoms with Crippen molar-refractivity contribution in [1.82, 2.24) is 29.7 Å². The third kappa shape index (κ3) is 4.00. The summed E-state index contributed by atoms with van der Waals surface area (Å²) in [7, 11) is 1.47. The molecule has 188 valence electrons. The summed E-state index contributed by atoms with van der Waals surface area (Å²) < 4.78 is 7.09. The molecule has 3 amide bonds. The van der Waals surface area contributed by atoms with Crippen molar-refractivity contribution in [3.8, 4) is 0 Å². The molecule has 2 aromatic heterocycles. The Morgan fingerprint density at radius 1 is 1.28 bits per heavy atom. The van der Waals surface area contributed by atoms with Crippen LogP contribution in [0.2, 0.25) is 0 Å². The van der Waals surface area contributed by atoms with E-state index in [9.17, 15) is 24.6 Å². The lowest BCUT2D eigenvalue weighted by molar-refractivity contribution is -0.147. The molecule has 0 aliphatic carbocycles. The van der Waals surface area contributed by atoms with E-state index >= 15 is 0 Å². The average Bonchev–Trinajstić information content (AvgIpc) is 3.55. The van der Waals surface area contributed by atoms with E-state index in [0.717, 1.165) is 0 Å². The number of nitrogens with one attached hydrogen (secondary N) is 2. The fourth-order valence-corrected chi connectivity index (χ4v) is 4.33. The van der Waals surface area contributed by atoms with Gasteiger partial charge in [0.1, 0.15) is 24.1 Å². The zero-order chi connectivity index (χ0) is 25.6. The first-order valence-corrected chi connectivity index (χ1v) is 11.2. The number of fused-ring (bicyclic) bond motifs is 2. The van der Waals surface area contributed by atoms with Gasteiger partial charge < -0.3 is 36.2 Å². The van der Waals surface area contributed by atoms with Gasteiger partial charge in [-0.2, -0.15) is 0 Å². The summed E-state index contributed by atoms with van der Waals surface area (Å²) in [6.07, 6.45) is -2.95. The quantitative estimate of drug-likeness (QED) is 0.275. The number of anilines is 2. The highest BCUT2D eigenvalue weighted by molar-refractivity contribution is 6.02. The molecule has 36 heavy (non-hydrogen) atoms. The summed E-state index contributed by atoms with van der Waals surface area (Å²) in [5.74, 6) is -1.01. The number of benzene rings is 1. The highest BCUT2D eigenvalue weighted by atomic mass is 16.6. The second kappa shape index (κ2) is 9.14. The molecule has 3 aromatic rings. The van der Waals surface area contributed by atoms with E-state index < -0.39 is 30.4 Å². The van der Waals surface area contributed by atoms with Crippen LogP contribution < -0.4 is 16.4 Å². The minimum Gasteiger partial charge on any atom is -0.387 e. The Morgan fingerprint density at radius 3 is 2.89 bits per heavy atom. The number of carbonyl (C=O) groups is 3. The Bertz CT molecular complexity index is 1360. The third-order valence-electron chi connectivity index (χ3n) is 6.31. The molecule has 14 nitrogen and oxygen atoms in total. The fourth-order valence-electron chi connectivity index (χ4n) is 4.33. The highest BCUT2D eigenvalue weighted by Crippen LogP contribution is 2.32. The topological polar surface area (TPSA) is 198 Å². The number of hydrogen-bond donors (Lipinski definition) is 5.